The predicted molar refractivity (Wildman–Crippen MR) is 131 cm³/mol. The molecule has 0 spiro atoms. The Kier molecular flexibility index (Phi) is 7.90. The predicted octanol–water partition coefficient (Wildman–Crippen LogP) is 7.90. The van der Waals surface area contributed by atoms with Gasteiger partial charge in [0.2, 0.25) is 0 Å². The highest BCUT2D eigenvalue weighted by Gasteiger charge is 2.14. The number of halogens is 4. The van der Waals surface area contributed by atoms with Crippen LogP contribution in [-0.2, 0) is 6.61 Å². The standard InChI is InChI=1S/C23H15Cl3INO2/c1-29-22-10-14(8-16(12-28)18-7-6-17(24)11-20(18)26)9-21(27)23(22)30-13-15-4-2-3-5-19(15)25/h2-11H,13H2,1H3/b16-8+. The SMILES string of the molecule is COc1cc(/C=C(\C#N)c2ccc(Cl)cc2Cl)cc(I)c1OCc1ccccc1Cl. The zero-order valence-electron chi connectivity index (χ0n) is 15.8. The highest BCUT2D eigenvalue weighted by Crippen LogP contribution is 2.36. The molecule has 0 aromatic heterocycles. The van der Waals surface area contributed by atoms with Crippen LogP contribution >= 0.6 is 57.4 Å². The summed E-state index contributed by atoms with van der Waals surface area (Å²) in [6.07, 6.45) is 1.75. The number of ether oxygens (including phenoxy) is 2. The van der Waals surface area contributed by atoms with Gasteiger partial charge in [-0.25, -0.2) is 0 Å². The largest absolute Gasteiger partial charge is 0.493 e. The summed E-state index contributed by atoms with van der Waals surface area (Å²) in [6.45, 7) is 0.311. The molecule has 0 aliphatic carbocycles. The van der Waals surface area contributed by atoms with E-state index in [1.54, 1.807) is 31.4 Å². The number of allylic oxidation sites excluding steroid dienone is 1. The summed E-state index contributed by atoms with van der Waals surface area (Å²) in [4.78, 5) is 0. The lowest BCUT2D eigenvalue weighted by atomic mass is 10.0. The summed E-state index contributed by atoms with van der Waals surface area (Å²) in [7, 11) is 1.57. The van der Waals surface area contributed by atoms with E-state index in [0.29, 0.717) is 44.3 Å². The van der Waals surface area contributed by atoms with Gasteiger partial charge in [0.05, 0.1) is 27.3 Å². The summed E-state index contributed by atoms with van der Waals surface area (Å²) in [5.41, 5.74) is 2.69. The minimum atomic E-state index is 0.311. The van der Waals surface area contributed by atoms with Gasteiger partial charge in [0, 0.05) is 21.2 Å². The van der Waals surface area contributed by atoms with Crippen molar-refractivity contribution in [3.05, 3.63) is 89.9 Å². The first-order valence-corrected chi connectivity index (χ1v) is 10.9. The van der Waals surface area contributed by atoms with Crippen LogP contribution in [0.5, 0.6) is 11.5 Å². The van der Waals surface area contributed by atoms with E-state index in [9.17, 15) is 5.26 Å². The van der Waals surface area contributed by atoms with Crippen molar-refractivity contribution < 1.29 is 9.47 Å². The van der Waals surface area contributed by atoms with Crippen LogP contribution in [0.3, 0.4) is 0 Å². The molecule has 0 heterocycles. The highest BCUT2D eigenvalue weighted by atomic mass is 127. The molecule has 30 heavy (non-hydrogen) atoms. The lowest BCUT2D eigenvalue weighted by molar-refractivity contribution is 0.282. The average molecular weight is 571 g/mol. The molecule has 3 nitrogen and oxygen atoms in total. The molecule has 0 aliphatic rings. The fraction of sp³-hybridized carbons (Fsp3) is 0.0870. The molecule has 0 atom stereocenters. The third-order valence-electron chi connectivity index (χ3n) is 4.23. The Morgan fingerprint density at radius 1 is 1.07 bits per heavy atom. The van der Waals surface area contributed by atoms with Gasteiger partial charge in [-0.3, -0.25) is 0 Å². The van der Waals surface area contributed by atoms with Crippen LogP contribution in [0.4, 0.5) is 0 Å². The lowest BCUT2D eigenvalue weighted by Gasteiger charge is -2.14. The van der Waals surface area contributed by atoms with Crippen LogP contribution in [0.15, 0.2) is 54.6 Å². The van der Waals surface area contributed by atoms with Gasteiger partial charge in [-0.2, -0.15) is 5.26 Å². The molecular formula is C23H15Cl3INO2. The molecule has 3 aromatic carbocycles. The molecule has 0 radical (unpaired) electrons. The van der Waals surface area contributed by atoms with Crippen molar-refractivity contribution >= 4 is 69.0 Å². The molecule has 3 aromatic rings. The zero-order valence-corrected chi connectivity index (χ0v) is 20.2. The Morgan fingerprint density at radius 2 is 1.83 bits per heavy atom. The molecule has 7 heteroatoms. The average Bonchev–Trinajstić information content (AvgIpc) is 2.72. The van der Waals surface area contributed by atoms with E-state index in [1.165, 1.54) is 0 Å². The third kappa shape index (κ3) is 5.41. The quantitative estimate of drug-likeness (QED) is 0.172. The van der Waals surface area contributed by atoms with Gasteiger partial charge < -0.3 is 9.47 Å². The normalized spacial score (nSPS) is 11.1. The second kappa shape index (κ2) is 10.4. The number of rotatable bonds is 6. The van der Waals surface area contributed by atoms with E-state index in [4.69, 9.17) is 44.3 Å². The first kappa shape index (κ1) is 22.8. The van der Waals surface area contributed by atoms with E-state index in [-0.39, 0.29) is 0 Å². The van der Waals surface area contributed by atoms with Gasteiger partial charge in [0.15, 0.2) is 11.5 Å². The van der Waals surface area contributed by atoms with Crippen molar-refractivity contribution in [2.45, 2.75) is 6.61 Å². The number of nitrogens with zero attached hydrogens (tertiary/aromatic N) is 1. The van der Waals surface area contributed by atoms with Crippen LogP contribution in [0.1, 0.15) is 16.7 Å². The Balaban J connectivity index is 1.93. The van der Waals surface area contributed by atoms with E-state index in [0.717, 1.165) is 14.7 Å². The van der Waals surface area contributed by atoms with Gasteiger partial charge in [-0.05, 0) is 64.6 Å². The number of methoxy groups -OCH3 is 1. The van der Waals surface area contributed by atoms with Crippen LogP contribution in [-0.4, -0.2) is 7.11 Å². The van der Waals surface area contributed by atoms with Gasteiger partial charge in [-0.1, -0.05) is 59.1 Å². The summed E-state index contributed by atoms with van der Waals surface area (Å²) >= 11 is 20.6. The van der Waals surface area contributed by atoms with Crippen LogP contribution in [0.2, 0.25) is 15.1 Å². The topological polar surface area (TPSA) is 42.2 Å². The molecule has 0 fully saturated rings. The highest BCUT2D eigenvalue weighted by molar-refractivity contribution is 14.1. The molecular weight excluding hydrogens is 556 g/mol. The van der Waals surface area contributed by atoms with E-state index in [2.05, 4.69) is 28.7 Å². The van der Waals surface area contributed by atoms with Crippen molar-refractivity contribution in [1.82, 2.24) is 0 Å². The van der Waals surface area contributed by atoms with Crippen molar-refractivity contribution in [2.75, 3.05) is 7.11 Å². The molecule has 152 valence electrons. The lowest BCUT2D eigenvalue weighted by Crippen LogP contribution is -2.00. The molecule has 0 amide bonds. The Bertz CT molecular complexity index is 1160. The Labute approximate surface area is 203 Å². The smallest absolute Gasteiger partial charge is 0.174 e. The fourth-order valence-electron chi connectivity index (χ4n) is 2.77. The number of benzene rings is 3. The molecule has 0 aliphatic heterocycles. The van der Waals surface area contributed by atoms with E-state index in [1.807, 2.05) is 36.4 Å². The Morgan fingerprint density at radius 3 is 2.50 bits per heavy atom. The molecule has 0 N–H and O–H groups in total. The molecule has 0 bridgehead atoms. The zero-order chi connectivity index (χ0) is 21.7. The minimum Gasteiger partial charge on any atom is -0.493 e. The van der Waals surface area contributed by atoms with E-state index < -0.39 is 0 Å². The first-order valence-electron chi connectivity index (χ1n) is 8.74. The summed E-state index contributed by atoms with van der Waals surface area (Å²) in [5.74, 6) is 1.16. The van der Waals surface area contributed by atoms with Crippen molar-refractivity contribution in [2.24, 2.45) is 0 Å². The maximum absolute atomic E-state index is 9.64. The third-order valence-corrected chi connectivity index (χ3v) is 5.95. The van der Waals surface area contributed by atoms with Gasteiger partial charge in [0.25, 0.3) is 0 Å². The first-order chi connectivity index (χ1) is 14.4. The maximum Gasteiger partial charge on any atom is 0.174 e. The fourth-order valence-corrected chi connectivity index (χ4v) is 4.26. The molecule has 0 saturated carbocycles. The minimum absolute atomic E-state index is 0.311. The van der Waals surface area contributed by atoms with Crippen molar-refractivity contribution in [1.29, 1.82) is 5.26 Å². The van der Waals surface area contributed by atoms with Crippen LogP contribution in [0, 0.1) is 14.9 Å². The molecule has 0 unspecified atom stereocenters. The molecule has 0 saturated heterocycles. The Hall–Kier alpha value is -1.91. The van der Waals surface area contributed by atoms with Gasteiger partial charge in [-0.15, -0.1) is 0 Å². The van der Waals surface area contributed by atoms with Crippen LogP contribution < -0.4 is 9.47 Å². The summed E-state index contributed by atoms with van der Waals surface area (Å²) < 4.78 is 12.4. The second-order valence-corrected chi connectivity index (χ2v) is 8.62. The number of hydrogen-bond acceptors (Lipinski definition) is 3. The van der Waals surface area contributed by atoms with Crippen LogP contribution in [0.25, 0.3) is 11.6 Å². The van der Waals surface area contributed by atoms with Gasteiger partial charge >= 0.3 is 0 Å². The molecule has 3 rings (SSSR count). The summed E-state index contributed by atoms with van der Waals surface area (Å²) in [5, 5.41) is 11.2. The second-order valence-electron chi connectivity index (χ2n) is 6.21. The van der Waals surface area contributed by atoms with E-state index >= 15 is 0 Å². The summed E-state index contributed by atoms with van der Waals surface area (Å²) in [6, 6.07) is 18.5. The van der Waals surface area contributed by atoms with Gasteiger partial charge in [0.1, 0.15) is 6.61 Å². The maximum atomic E-state index is 9.64. The number of hydrogen-bond donors (Lipinski definition) is 0. The van der Waals surface area contributed by atoms with Crippen molar-refractivity contribution in [3.63, 3.8) is 0 Å². The monoisotopic (exact) mass is 569 g/mol. The van der Waals surface area contributed by atoms with Crippen molar-refractivity contribution in [3.8, 4) is 17.6 Å². The number of nitriles is 1.